The lowest BCUT2D eigenvalue weighted by Crippen LogP contribution is -2.15. The van der Waals surface area contributed by atoms with E-state index in [1.807, 2.05) is 0 Å². The first kappa shape index (κ1) is 12.8. The van der Waals surface area contributed by atoms with Gasteiger partial charge in [0, 0.05) is 16.9 Å². The van der Waals surface area contributed by atoms with Crippen LogP contribution in [0.15, 0.2) is 24.4 Å². The Bertz CT molecular complexity index is 646. The van der Waals surface area contributed by atoms with Crippen molar-refractivity contribution in [2.45, 2.75) is 13.8 Å². The molecule has 0 unspecified atom stereocenters. The zero-order valence-corrected chi connectivity index (χ0v) is 10.7. The summed E-state index contributed by atoms with van der Waals surface area (Å²) in [7, 11) is 0. The van der Waals surface area contributed by atoms with Gasteiger partial charge in [0.2, 0.25) is 5.91 Å². The molecule has 0 atom stereocenters. The Labute approximate surface area is 110 Å². The zero-order chi connectivity index (χ0) is 14.0. The maximum atomic E-state index is 12.0. The molecule has 0 saturated carbocycles. The number of anilines is 1. The van der Waals surface area contributed by atoms with E-state index in [0.717, 1.165) is 5.56 Å². The van der Waals surface area contributed by atoms with Crippen molar-refractivity contribution in [1.82, 2.24) is 10.2 Å². The number of aryl methyl sites for hydroxylation is 2. The molecule has 1 aromatic heterocycles. The lowest BCUT2D eigenvalue weighted by molar-refractivity contribution is 0.0998. The number of rotatable bonds is 3. The first-order valence-corrected chi connectivity index (χ1v) is 5.71. The van der Waals surface area contributed by atoms with Gasteiger partial charge in [-0.3, -0.25) is 14.7 Å². The monoisotopic (exact) mass is 258 g/mol. The van der Waals surface area contributed by atoms with Crippen molar-refractivity contribution in [3.05, 3.63) is 46.8 Å². The standard InChI is InChI=1S/C13H14N4O2/c1-7-5-9(12(14)18)3-4-11(7)16-13(19)10-6-15-17-8(10)2/h3-6H,1-2H3,(H2,14,18)(H,15,17)(H,16,19). The fraction of sp³-hybridized carbons (Fsp3) is 0.154. The summed E-state index contributed by atoms with van der Waals surface area (Å²) in [5.41, 5.74) is 8.19. The number of primary amides is 1. The SMILES string of the molecule is Cc1cc(C(N)=O)ccc1NC(=O)c1cn[nH]c1C. The molecule has 0 aliphatic rings. The Hall–Kier alpha value is -2.63. The molecule has 0 aliphatic carbocycles. The first-order chi connectivity index (χ1) is 8.99. The smallest absolute Gasteiger partial charge is 0.259 e. The number of aromatic amines is 1. The third-order valence-corrected chi connectivity index (χ3v) is 2.83. The number of H-pyrrole nitrogens is 1. The molecule has 4 N–H and O–H groups in total. The molecule has 2 aromatic rings. The van der Waals surface area contributed by atoms with E-state index >= 15 is 0 Å². The van der Waals surface area contributed by atoms with Crippen LogP contribution in [0, 0.1) is 13.8 Å². The van der Waals surface area contributed by atoms with E-state index in [0.29, 0.717) is 22.5 Å². The summed E-state index contributed by atoms with van der Waals surface area (Å²) in [4.78, 5) is 23.0. The fourth-order valence-corrected chi connectivity index (χ4v) is 1.73. The molecule has 0 fully saturated rings. The lowest BCUT2D eigenvalue weighted by atomic mass is 10.1. The molecule has 0 aliphatic heterocycles. The highest BCUT2D eigenvalue weighted by Gasteiger charge is 2.12. The van der Waals surface area contributed by atoms with Crippen molar-refractivity contribution in [1.29, 1.82) is 0 Å². The number of nitrogens with one attached hydrogen (secondary N) is 2. The number of nitrogens with two attached hydrogens (primary N) is 1. The van der Waals surface area contributed by atoms with Gasteiger partial charge in [0.1, 0.15) is 0 Å². The van der Waals surface area contributed by atoms with E-state index in [2.05, 4.69) is 15.5 Å². The van der Waals surface area contributed by atoms with Gasteiger partial charge < -0.3 is 11.1 Å². The van der Waals surface area contributed by atoms with Gasteiger partial charge in [-0.1, -0.05) is 0 Å². The highest BCUT2D eigenvalue weighted by atomic mass is 16.2. The van der Waals surface area contributed by atoms with Gasteiger partial charge >= 0.3 is 0 Å². The molecule has 1 aromatic carbocycles. The molecule has 98 valence electrons. The van der Waals surface area contributed by atoms with Crippen molar-refractivity contribution >= 4 is 17.5 Å². The molecule has 6 nitrogen and oxygen atoms in total. The van der Waals surface area contributed by atoms with Crippen molar-refractivity contribution in [3.8, 4) is 0 Å². The number of carbonyl (C=O) groups is 2. The van der Waals surface area contributed by atoms with Crippen molar-refractivity contribution in [2.75, 3.05) is 5.32 Å². The summed E-state index contributed by atoms with van der Waals surface area (Å²) in [6, 6.07) is 4.87. The van der Waals surface area contributed by atoms with Crippen LogP contribution in [0.1, 0.15) is 32.0 Å². The van der Waals surface area contributed by atoms with Crippen molar-refractivity contribution in [2.24, 2.45) is 5.73 Å². The molecular formula is C13H14N4O2. The summed E-state index contributed by atoms with van der Waals surface area (Å²) < 4.78 is 0. The summed E-state index contributed by atoms with van der Waals surface area (Å²) in [5.74, 6) is -0.743. The topological polar surface area (TPSA) is 101 Å². The van der Waals surface area contributed by atoms with E-state index in [-0.39, 0.29) is 5.91 Å². The molecule has 2 amide bonds. The predicted octanol–water partition coefficient (Wildman–Crippen LogP) is 1.38. The Balaban J connectivity index is 2.23. The van der Waals surface area contributed by atoms with Crippen LogP contribution in [-0.2, 0) is 0 Å². The van der Waals surface area contributed by atoms with Gasteiger partial charge in [0.25, 0.3) is 5.91 Å². The minimum absolute atomic E-state index is 0.249. The fourth-order valence-electron chi connectivity index (χ4n) is 1.73. The number of carbonyl (C=O) groups excluding carboxylic acids is 2. The second-order valence-electron chi connectivity index (χ2n) is 4.26. The first-order valence-electron chi connectivity index (χ1n) is 5.71. The van der Waals surface area contributed by atoms with Crippen LogP contribution in [0.5, 0.6) is 0 Å². The van der Waals surface area contributed by atoms with Crippen LogP contribution >= 0.6 is 0 Å². The van der Waals surface area contributed by atoms with E-state index < -0.39 is 5.91 Å². The Kier molecular flexibility index (Phi) is 3.33. The van der Waals surface area contributed by atoms with Crippen molar-refractivity contribution in [3.63, 3.8) is 0 Å². The summed E-state index contributed by atoms with van der Waals surface area (Å²) in [5, 5.41) is 9.27. The lowest BCUT2D eigenvalue weighted by Gasteiger charge is -2.08. The van der Waals surface area contributed by atoms with E-state index in [9.17, 15) is 9.59 Å². The maximum Gasteiger partial charge on any atom is 0.259 e. The van der Waals surface area contributed by atoms with Crippen LogP contribution in [0.4, 0.5) is 5.69 Å². The maximum absolute atomic E-state index is 12.0. The van der Waals surface area contributed by atoms with Gasteiger partial charge in [-0.2, -0.15) is 5.10 Å². The Morgan fingerprint density at radius 2 is 2.05 bits per heavy atom. The van der Waals surface area contributed by atoms with E-state index in [1.165, 1.54) is 6.20 Å². The van der Waals surface area contributed by atoms with Crippen LogP contribution in [-0.4, -0.2) is 22.0 Å². The second-order valence-corrected chi connectivity index (χ2v) is 4.26. The normalized spacial score (nSPS) is 10.2. The molecular weight excluding hydrogens is 244 g/mol. The quantitative estimate of drug-likeness (QED) is 0.775. The second kappa shape index (κ2) is 4.93. The van der Waals surface area contributed by atoms with Crippen LogP contribution in [0.2, 0.25) is 0 Å². The highest BCUT2D eigenvalue weighted by molar-refractivity contribution is 6.05. The van der Waals surface area contributed by atoms with E-state index in [4.69, 9.17) is 5.73 Å². The number of amides is 2. The summed E-state index contributed by atoms with van der Waals surface area (Å²) >= 11 is 0. The van der Waals surface area contributed by atoms with Gasteiger partial charge in [0.15, 0.2) is 0 Å². The number of aromatic nitrogens is 2. The number of nitrogens with zero attached hydrogens (tertiary/aromatic N) is 1. The molecule has 2 rings (SSSR count). The highest BCUT2D eigenvalue weighted by Crippen LogP contribution is 2.17. The largest absolute Gasteiger partial charge is 0.366 e. The third kappa shape index (κ3) is 2.62. The van der Waals surface area contributed by atoms with Gasteiger partial charge in [-0.15, -0.1) is 0 Å². The molecule has 6 heteroatoms. The summed E-state index contributed by atoms with van der Waals surface area (Å²) in [6.07, 6.45) is 1.47. The average molecular weight is 258 g/mol. The van der Waals surface area contributed by atoms with Gasteiger partial charge in [-0.25, -0.2) is 0 Å². The zero-order valence-electron chi connectivity index (χ0n) is 10.7. The van der Waals surface area contributed by atoms with E-state index in [1.54, 1.807) is 32.0 Å². The number of hydrogen-bond donors (Lipinski definition) is 3. The van der Waals surface area contributed by atoms with Gasteiger partial charge in [-0.05, 0) is 37.6 Å². The molecule has 0 radical (unpaired) electrons. The number of hydrogen-bond acceptors (Lipinski definition) is 3. The Morgan fingerprint density at radius 3 is 2.58 bits per heavy atom. The van der Waals surface area contributed by atoms with Crippen LogP contribution in [0.3, 0.4) is 0 Å². The minimum atomic E-state index is -0.494. The predicted molar refractivity (Wildman–Crippen MR) is 71.0 cm³/mol. The van der Waals surface area contributed by atoms with Crippen LogP contribution in [0.25, 0.3) is 0 Å². The molecule has 0 spiro atoms. The molecule has 0 saturated heterocycles. The minimum Gasteiger partial charge on any atom is -0.366 e. The van der Waals surface area contributed by atoms with Crippen LogP contribution < -0.4 is 11.1 Å². The molecule has 19 heavy (non-hydrogen) atoms. The summed E-state index contributed by atoms with van der Waals surface area (Å²) in [6.45, 7) is 3.56. The average Bonchev–Trinajstić information content (AvgIpc) is 2.77. The van der Waals surface area contributed by atoms with Crippen molar-refractivity contribution < 1.29 is 9.59 Å². The Morgan fingerprint density at radius 1 is 1.32 bits per heavy atom. The molecule has 0 bridgehead atoms. The van der Waals surface area contributed by atoms with Gasteiger partial charge in [0.05, 0.1) is 11.8 Å². The third-order valence-electron chi connectivity index (χ3n) is 2.83. The number of benzene rings is 1. The molecule has 1 heterocycles.